The van der Waals surface area contributed by atoms with E-state index in [-0.39, 0.29) is 23.7 Å². The van der Waals surface area contributed by atoms with Gasteiger partial charge >= 0.3 is 0 Å². The molecule has 4 nitrogen and oxygen atoms in total. The van der Waals surface area contributed by atoms with Crippen LogP contribution in [-0.4, -0.2) is 11.8 Å². The molecule has 2 atom stereocenters. The van der Waals surface area contributed by atoms with Crippen LogP contribution in [-0.2, 0) is 16.1 Å². The third-order valence-corrected chi connectivity index (χ3v) is 4.66. The molecule has 2 amide bonds. The summed E-state index contributed by atoms with van der Waals surface area (Å²) in [5, 5.41) is 7.12. The maximum Gasteiger partial charge on any atom is 0.228 e. The molecule has 2 N–H and O–H groups in total. The third kappa shape index (κ3) is 4.88. The van der Waals surface area contributed by atoms with Gasteiger partial charge in [-0.25, -0.2) is 0 Å². The van der Waals surface area contributed by atoms with E-state index in [9.17, 15) is 9.59 Å². The summed E-state index contributed by atoms with van der Waals surface area (Å²) in [4.78, 5) is 24.4. The van der Waals surface area contributed by atoms with Crippen LogP contribution >= 0.6 is 34.8 Å². The second kappa shape index (κ2) is 7.65. The fraction of sp³-hybridized carbons (Fsp3) is 0.222. The summed E-state index contributed by atoms with van der Waals surface area (Å²) in [5.41, 5.74) is 1.47. The summed E-state index contributed by atoms with van der Waals surface area (Å²) in [6.45, 7) is 0.407. The lowest BCUT2D eigenvalue weighted by Gasteiger charge is -2.07. The third-order valence-electron chi connectivity index (χ3n) is 3.97. The molecule has 0 saturated heterocycles. The van der Waals surface area contributed by atoms with Crippen LogP contribution in [0.4, 0.5) is 5.69 Å². The molecule has 0 radical (unpaired) electrons. The van der Waals surface area contributed by atoms with Crippen molar-refractivity contribution in [2.75, 3.05) is 5.32 Å². The van der Waals surface area contributed by atoms with E-state index in [0.29, 0.717) is 33.7 Å². The van der Waals surface area contributed by atoms with Crippen molar-refractivity contribution in [3.63, 3.8) is 0 Å². The van der Waals surface area contributed by atoms with Crippen molar-refractivity contribution in [3.05, 3.63) is 63.1 Å². The summed E-state index contributed by atoms with van der Waals surface area (Å²) in [7, 11) is 0. The number of amides is 2. The normalized spacial score (nSPS) is 18.5. The lowest BCUT2D eigenvalue weighted by molar-refractivity contribution is -0.125. The first-order valence-corrected chi connectivity index (χ1v) is 8.85. The molecule has 25 heavy (non-hydrogen) atoms. The first-order chi connectivity index (χ1) is 11.9. The summed E-state index contributed by atoms with van der Waals surface area (Å²) in [5.74, 6) is -0.964. The van der Waals surface area contributed by atoms with E-state index in [1.54, 1.807) is 30.3 Å². The highest BCUT2D eigenvalue weighted by Crippen LogP contribution is 2.39. The van der Waals surface area contributed by atoms with E-state index in [4.69, 9.17) is 34.8 Å². The molecule has 0 heterocycles. The minimum atomic E-state index is -0.331. The van der Waals surface area contributed by atoms with Crippen molar-refractivity contribution >= 4 is 52.3 Å². The van der Waals surface area contributed by atoms with E-state index >= 15 is 0 Å². The van der Waals surface area contributed by atoms with Gasteiger partial charge in [0.2, 0.25) is 11.8 Å². The predicted molar refractivity (Wildman–Crippen MR) is 100.0 cm³/mol. The number of benzene rings is 2. The largest absolute Gasteiger partial charge is 0.352 e. The Kier molecular flexibility index (Phi) is 5.52. The van der Waals surface area contributed by atoms with Crippen molar-refractivity contribution in [2.24, 2.45) is 11.8 Å². The Labute approximate surface area is 160 Å². The van der Waals surface area contributed by atoms with Crippen molar-refractivity contribution in [1.29, 1.82) is 0 Å². The molecule has 0 aromatic heterocycles. The molecule has 7 heteroatoms. The zero-order valence-corrected chi connectivity index (χ0v) is 15.3. The van der Waals surface area contributed by atoms with Crippen LogP contribution < -0.4 is 10.6 Å². The first kappa shape index (κ1) is 18.1. The van der Waals surface area contributed by atoms with Gasteiger partial charge in [0.1, 0.15) is 0 Å². The standard InChI is InChI=1S/C18H15Cl3N2O2/c19-11-3-1-10(2-4-11)9-22-17(24)15-8-16(15)18(25)23-14-6-12(20)5-13(21)7-14/h1-7,15-16H,8-9H2,(H,22,24)(H,23,25). The van der Waals surface area contributed by atoms with Gasteiger partial charge in [-0.1, -0.05) is 46.9 Å². The lowest BCUT2D eigenvalue weighted by atomic mass is 10.2. The highest BCUT2D eigenvalue weighted by Gasteiger charge is 2.47. The van der Waals surface area contributed by atoms with Gasteiger partial charge in [-0.15, -0.1) is 0 Å². The Hall–Kier alpha value is -1.75. The average Bonchev–Trinajstić information content (AvgIpc) is 3.34. The summed E-state index contributed by atoms with van der Waals surface area (Å²) < 4.78 is 0. The Morgan fingerprint density at radius 3 is 2.12 bits per heavy atom. The van der Waals surface area contributed by atoms with Gasteiger partial charge in [0, 0.05) is 27.3 Å². The van der Waals surface area contributed by atoms with Crippen LogP contribution in [0.1, 0.15) is 12.0 Å². The maximum atomic E-state index is 12.2. The number of halogens is 3. The van der Waals surface area contributed by atoms with Crippen LogP contribution in [0.25, 0.3) is 0 Å². The zero-order chi connectivity index (χ0) is 18.0. The molecule has 0 spiro atoms. The van der Waals surface area contributed by atoms with Crippen molar-refractivity contribution in [3.8, 4) is 0 Å². The molecule has 2 unspecified atom stereocenters. The minimum absolute atomic E-state index is 0.126. The van der Waals surface area contributed by atoms with E-state index in [2.05, 4.69) is 10.6 Å². The molecule has 2 aromatic carbocycles. The Bertz CT molecular complexity index is 788. The van der Waals surface area contributed by atoms with Crippen LogP contribution in [0.15, 0.2) is 42.5 Å². The van der Waals surface area contributed by atoms with E-state index in [1.807, 2.05) is 12.1 Å². The molecule has 1 saturated carbocycles. The molecule has 1 aliphatic carbocycles. The van der Waals surface area contributed by atoms with Crippen molar-refractivity contribution < 1.29 is 9.59 Å². The first-order valence-electron chi connectivity index (χ1n) is 7.71. The molecule has 3 rings (SSSR count). The van der Waals surface area contributed by atoms with Crippen LogP contribution in [0.2, 0.25) is 15.1 Å². The van der Waals surface area contributed by atoms with E-state index in [1.165, 1.54) is 0 Å². The summed E-state index contributed by atoms with van der Waals surface area (Å²) >= 11 is 17.6. The molecule has 1 fully saturated rings. The second-order valence-electron chi connectivity index (χ2n) is 5.94. The monoisotopic (exact) mass is 396 g/mol. The second-order valence-corrected chi connectivity index (χ2v) is 7.25. The van der Waals surface area contributed by atoms with Gasteiger partial charge in [-0.05, 0) is 42.3 Å². The van der Waals surface area contributed by atoms with Crippen molar-refractivity contribution in [2.45, 2.75) is 13.0 Å². The fourth-order valence-corrected chi connectivity index (χ4v) is 3.21. The molecule has 130 valence electrons. The van der Waals surface area contributed by atoms with Crippen molar-refractivity contribution in [1.82, 2.24) is 5.32 Å². The highest BCUT2D eigenvalue weighted by molar-refractivity contribution is 6.35. The Balaban J connectivity index is 1.50. The predicted octanol–water partition coefficient (Wildman–Crippen LogP) is 4.54. The number of hydrogen-bond donors (Lipinski definition) is 2. The molecule has 1 aliphatic rings. The summed E-state index contributed by atoms with van der Waals surface area (Å²) in [6, 6.07) is 12.1. The van der Waals surface area contributed by atoms with E-state index in [0.717, 1.165) is 5.56 Å². The molecule has 0 aliphatic heterocycles. The average molecular weight is 398 g/mol. The Morgan fingerprint density at radius 2 is 1.48 bits per heavy atom. The highest BCUT2D eigenvalue weighted by atomic mass is 35.5. The molecular formula is C18H15Cl3N2O2. The molecule has 0 bridgehead atoms. The number of rotatable bonds is 5. The van der Waals surface area contributed by atoms with Gasteiger partial charge in [0.25, 0.3) is 0 Å². The number of nitrogens with one attached hydrogen (secondary N) is 2. The van der Waals surface area contributed by atoms with Gasteiger partial charge in [0.15, 0.2) is 0 Å². The van der Waals surface area contributed by atoms with Crippen LogP contribution in [0, 0.1) is 11.8 Å². The van der Waals surface area contributed by atoms with Crippen LogP contribution in [0.3, 0.4) is 0 Å². The lowest BCUT2D eigenvalue weighted by Crippen LogP contribution is -2.27. The zero-order valence-electron chi connectivity index (χ0n) is 13.1. The quantitative estimate of drug-likeness (QED) is 0.778. The number of anilines is 1. The van der Waals surface area contributed by atoms with E-state index < -0.39 is 0 Å². The maximum absolute atomic E-state index is 12.2. The number of hydrogen-bond acceptors (Lipinski definition) is 2. The number of carbonyl (C=O) groups is 2. The van der Waals surface area contributed by atoms with Crippen LogP contribution in [0.5, 0.6) is 0 Å². The topological polar surface area (TPSA) is 58.2 Å². The molecular weight excluding hydrogens is 383 g/mol. The smallest absolute Gasteiger partial charge is 0.228 e. The molecule has 2 aromatic rings. The fourth-order valence-electron chi connectivity index (χ4n) is 2.56. The van der Waals surface area contributed by atoms with Gasteiger partial charge in [-0.2, -0.15) is 0 Å². The summed E-state index contributed by atoms with van der Waals surface area (Å²) in [6.07, 6.45) is 0.534. The van der Waals surface area contributed by atoms with Gasteiger partial charge < -0.3 is 10.6 Å². The minimum Gasteiger partial charge on any atom is -0.352 e. The number of carbonyl (C=O) groups excluding carboxylic acids is 2. The SMILES string of the molecule is O=C(NCc1ccc(Cl)cc1)C1CC1C(=O)Nc1cc(Cl)cc(Cl)c1. The van der Waals surface area contributed by atoms with Gasteiger partial charge in [-0.3, -0.25) is 9.59 Å². The Morgan fingerprint density at radius 1 is 0.880 bits per heavy atom. The van der Waals surface area contributed by atoms with Gasteiger partial charge in [0.05, 0.1) is 11.8 Å².